The molecule has 0 saturated carbocycles. The highest BCUT2D eigenvalue weighted by Crippen LogP contribution is 2.29. The van der Waals surface area contributed by atoms with Gasteiger partial charge in [0.15, 0.2) is 0 Å². The number of sulfonamides is 1. The van der Waals surface area contributed by atoms with Crippen molar-refractivity contribution in [1.82, 2.24) is 4.90 Å². The first-order chi connectivity index (χ1) is 10.5. The van der Waals surface area contributed by atoms with Crippen LogP contribution in [0.1, 0.15) is 5.56 Å². The molecule has 23 heavy (non-hydrogen) atoms. The molecule has 2 N–H and O–H groups in total. The van der Waals surface area contributed by atoms with Crippen molar-refractivity contribution in [2.24, 2.45) is 5.14 Å². The standard InChI is InChI=1S/C13H16F3N3O3S/c1-18(8-13(14,15)16)12(20)7-19-5-4-9-6-10(23(17,21)22)2-3-11(9)19/h2-3,6H,4-5,7-8H2,1H3,(H2,17,21,22). The summed E-state index contributed by atoms with van der Waals surface area (Å²) in [7, 11) is -2.72. The maximum atomic E-state index is 12.3. The summed E-state index contributed by atoms with van der Waals surface area (Å²) >= 11 is 0. The van der Waals surface area contributed by atoms with Crippen LogP contribution in [0.15, 0.2) is 23.1 Å². The van der Waals surface area contributed by atoms with Crippen LogP contribution in [0.25, 0.3) is 0 Å². The lowest BCUT2D eigenvalue weighted by atomic mass is 10.2. The van der Waals surface area contributed by atoms with Gasteiger partial charge in [-0.15, -0.1) is 0 Å². The topological polar surface area (TPSA) is 83.7 Å². The lowest BCUT2D eigenvalue weighted by Crippen LogP contribution is -2.42. The third-order valence-electron chi connectivity index (χ3n) is 3.54. The number of carbonyl (C=O) groups is 1. The van der Waals surface area contributed by atoms with Crippen molar-refractivity contribution in [1.29, 1.82) is 0 Å². The largest absolute Gasteiger partial charge is 0.406 e. The second-order valence-electron chi connectivity index (χ2n) is 5.37. The van der Waals surface area contributed by atoms with Gasteiger partial charge in [-0.3, -0.25) is 4.79 Å². The monoisotopic (exact) mass is 351 g/mol. The number of alkyl halides is 3. The summed E-state index contributed by atoms with van der Waals surface area (Å²) in [5.74, 6) is -0.661. The summed E-state index contributed by atoms with van der Waals surface area (Å²) in [6.07, 6.45) is -3.95. The van der Waals surface area contributed by atoms with E-state index in [1.807, 2.05) is 0 Å². The van der Waals surface area contributed by atoms with Gasteiger partial charge in [0.2, 0.25) is 15.9 Å². The van der Waals surface area contributed by atoms with E-state index in [1.165, 1.54) is 18.2 Å². The molecule has 1 heterocycles. The summed E-state index contributed by atoms with van der Waals surface area (Å²) in [5, 5.41) is 5.06. The van der Waals surface area contributed by atoms with E-state index in [2.05, 4.69) is 0 Å². The molecule has 0 saturated heterocycles. The van der Waals surface area contributed by atoms with E-state index >= 15 is 0 Å². The Morgan fingerprint density at radius 3 is 2.61 bits per heavy atom. The van der Waals surface area contributed by atoms with Crippen molar-refractivity contribution in [3.63, 3.8) is 0 Å². The Morgan fingerprint density at radius 1 is 1.39 bits per heavy atom. The highest BCUT2D eigenvalue weighted by atomic mass is 32.2. The smallest absolute Gasteiger partial charge is 0.362 e. The van der Waals surface area contributed by atoms with E-state index in [9.17, 15) is 26.4 Å². The minimum absolute atomic E-state index is 0.0291. The molecule has 6 nitrogen and oxygen atoms in total. The first-order valence-electron chi connectivity index (χ1n) is 6.69. The maximum absolute atomic E-state index is 12.3. The number of amides is 1. The highest BCUT2D eigenvalue weighted by Gasteiger charge is 2.32. The first kappa shape index (κ1) is 17.5. The summed E-state index contributed by atoms with van der Waals surface area (Å²) < 4.78 is 59.5. The molecule has 0 atom stereocenters. The normalized spacial score (nSPS) is 14.7. The van der Waals surface area contributed by atoms with E-state index in [4.69, 9.17) is 5.14 Å². The van der Waals surface area contributed by atoms with Crippen LogP contribution in [0.3, 0.4) is 0 Å². The van der Waals surface area contributed by atoms with Crippen LogP contribution < -0.4 is 10.0 Å². The van der Waals surface area contributed by atoms with Gasteiger partial charge in [0, 0.05) is 19.3 Å². The van der Waals surface area contributed by atoms with Gasteiger partial charge < -0.3 is 9.80 Å². The number of fused-ring (bicyclic) bond motifs is 1. The summed E-state index contributed by atoms with van der Waals surface area (Å²) in [4.78, 5) is 14.1. The molecular formula is C13H16F3N3O3S. The first-order valence-corrected chi connectivity index (χ1v) is 8.23. The zero-order valence-electron chi connectivity index (χ0n) is 12.3. The third-order valence-corrected chi connectivity index (χ3v) is 4.45. The Balaban J connectivity index is 2.10. The third kappa shape index (κ3) is 4.35. The number of nitrogens with zero attached hydrogens (tertiary/aromatic N) is 2. The molecule has 2 rings (SSSR count). The van der Waals surface area contributed by atoms with E-state index in [-0.39, 0.29) is 11.4 Å². The minimum atomic E-state index is -4.45. The van der Waals surface area contributed by atoms with Crippen LogP contribution in [0, 0.1) is 0 Å². The molecule has 0 unspecified atom stereocenters. The molecule has 0 aromatic heterocycles. The zero-order chi connectivity index (χ0) is 17.4. The summed E-state index contributed by atoms with van der Waals surface area (Å²) in [6, 6.07) is 4.25. The van der Waals surface area contributed by atoms with Gasteiger partial charge in [-0.05, 0) is 30.2 Å². The molecule has 128 valence electrons. The van der Waals surface area contributed by atoms with Crippen molar-refractivity contribution >= 4 is 21.6 Å². The van der Waals surface area contributed by atoms with Crippen LogP contribution in [-0.2, 0) is 21.2 Å². The fraction of sp³-hybridized carbons (Fsp3) is 0.462. The van der Waals surface area contributed by atoms with Crippen LogP contribution in [-0.4, -0.2) is 52.1 Å². The van der Waals surface area contributed by atoms with Crippen LogP contribution in [0.5, 0.6) is 0 Å². The number of benzene rings is 1. The van der Waals surface area contributed by atoms with Gasteiger partial charge in [-0.25, -0.2) is 13.6 Å². The minimum Gasteiger partial charge on any atom is -0.362 e. The number of hydrogen-bond acceptors (Lipinski definition) is 4. The molecule has 0 spiro atoms. The Kier molecular flexibility index (Phi) is 4.58. The number of halogens is 3. The Morgan fingerprint density at radius 2 is 2.04 bits per heavy atom. The Hall–Kier alpha value is -1.81. The van der Waals surface area contributed by atoms with E-state index in [0.29, 0.717) is 29.1 Å². The molecule has 0 fully saturated rings. The zero-order valence-corrected chi connectivity index (χ0v) is 13.1. The maximum Gasteiger partial charge on any atom is 0.406 e. The van der Waals surface area contributed by atoms with Gasteiger partial charge in [0.1, 0.15) is 6.54 Å². The molecule has 0 aliphatic carbocycles. The number of carbonyl (C=O) groups excluding carboxylic acids is 1. The van der Waals surface area contributed by atoms with Gasteiger partial charge in [0.05, 0.1) is 11.4 Å². The molecule has 1 aromatic rings. The highest BCUT2D eigenvalue weighted by molar-refractivity contribution is 7.89. The van der Waals surface area contributed by atoms with Crippen LogP contribution in [0.2, 0.25) is 0 Å². The Bertz CT molecular complexity index is 719. The molecule has 1 aliphatic heterocycles. The SMILES string of the molecule is CN(CC(F)(F)F)C(=O)CN1CCc2cc(S(N)(=O)=O)ccc21. The molecule has 0 radical (unpaired) electrons. The number of rotatable bonds is 4. The fourth-order valence-corrected chi connectivity index (χ4v) is 2.99. The second-order valence-corrected chi connectivity index (χ2v) is 6.93. The van der Waals surface area contributed by atoms with Crippen LogP contribution in [0.4, 0.5) is 18.9 Å². The number of nitrogens with two attached hydrogens (primary N) is 1. The molecule has 1 aliphatic rings. The van der Waals surface area contributed by atoms with E-state index in [0.717, 1.165) is 7.05 Å². The quantitative estimate of drug-likeness (QED) is 0.866. The van der Waals surface area contributed by atoms with E-state index < -0.39 is 28.7 Å². The predicted octanol–water partition coefficient (Wildman–Crippen LogP) is 0.717. The van der Waals surface area contributed by atoms with Crippen molar-refractivity contribution < 1.29 is 26.4 Å². The van der Waals surface area contributed by atoms with Crippen molar-refractivity contribution in [3.05, 3.63) is 23.8 Å². The van der Waals surface area contributed by atoms with Gasteiger partial charge >= 0.3 is 6.18 Å². The second kappa shape index (κ2) is 6.00. The van der Waals surface area contributed by atoms with Crippen molar-refractivity contribution in [2.75, 3.05) is 31.6 Å². The number of anilines is 1. The fourth-order valence-electron chi connectivity index (χ4n) is 2.43. The van der Waals surface area contributed by atoms with Gasteiger partial charge in [-0.1, -0.05) is 0 Å². The van der Waals surface area contributed by atoms with Crippen molar-refractivity contribution in [3.8, 4) is 0 Å². The Labute approximate surface area is 131 Å². The lowest BCUT2D eigenvalue weighted by Gasteiger charge is -2.24. The molecule has 1 amide bonds. The molecular weight excluding hydrogens is 335 g/mol. The average molecular weight is 351 g/mol. The molecule has 10 heteroatoms. The lowest BCUT2D eigenvalue weighted by molar-refractivity contribution is -0.157. The summed E-state index contributed by atoms with van der Waals surface area (Å²) in [6.45, 7) is -1.08. The van der Waals surface area contributed by atoms with Crippen LogP contribution >= 0.6 is 0 Å². The predicted molar refractivity (Wildman–Crippen MR) is 77.4 cm³/mol. The average Bonchev–Trinajstić information content (AvgIpc) is 2.78. The van der Waals surface area contributed by atoms with E-state index in [1.54, 1.807) is 4.90 Å². The number of hydrogen-bond donors (Lipinski definition) is 1. The molecule has 0 bridgehead atoms. The van der Waals surface area contributed by atoms with Gasteiger partial charge in [-0.2, -0.15) is 13.2 Å². The van der Waals surface area contributed by atoms with Gasteiger partial charge in [0.25, 0.3) is 0 Å². The summed E-state index contributed by atoms with van der Waals surface area (Å²) in [5.41, 5.74) is 1.33. The van der Waals surface area contributed by atoms with Crippen molar-refractivity contribution in [2.45, 2.75) is 17.5 Å². The number of primary sulfonamides is 1. The molecule has 1 aromatic carbocycles. The number of likely N-dealkylation sites (N-methyl/N-ethyl adjacent to an activating group) is 1.